The summed E-state index contributed by atoms with van der Waals surface area (Å²) in [5.41, 5.74) is 0. The lowest BCUT2D eigenvalue weighted by atomic mass is 9.85. The second kappa shape index (κ2) is 4.12. The van der Waals surface area contributed by atoms with E-state index >= 15 is 0 Å². The molecule has 1 fully saturated rings. The molecule has 0 aromatic carbocycles. The van der Waals surface area contributed by atoms with Gasteiger partial charge in [0.05, 0.1) is 6.10 Å². The zero-order valence-corrected chi connectivity index (χ0v) is 7.39. The van der Waals surface area contributed by atoms with Gasteiger partial charge in [-0.2, -0.15) is 0 Å². The number of thiol groups is 1. The van der Waals surface area contributed by atoms with Crippen LogP contribution in [0, 0.1) is 5.92 Å². The standard InChI is InChI=1S/C8H14O2S/c9-7-4-2-1-3-6(7)5-8(10)11/h6-7,9H,1-5H2,(H,10,11)/t6-,7+/m0/s1. The highest BCUT2D eigenvalue weighted by atomic mass is 32.1. The maximum absolute atomic E-state index is 10.6. The van der Waals surface area contributed by atoms with E-state index < -0.39 is 0 Å². The van der Waals surface area contributed by atoms with Crippen molar-refractivity contribution in [3.63, 3.8) is 0 Å². The molecule has 0 amide bonds. The van der Waals surface area contributed by atoms with Gasteiger partial charge in [0.15, 0.2) is 5.12 Å². The molecule has 0 saturated heterocycles. The van der Waals surface area contributed by atoms with Crippen LogP contribution in [-0.4, -0.2) is 16.3 Å². The summed E-state index contributed by atoms with van der Waals surface area (Å²) in [6, 6.07) is 0. The van der Waals surface area contributed by atoms with E-state index in [9.17, 15) is 9.90 Å². The molecule has 0 aromatic heterocycles. The average Bonchev–Trinajstić information content (AvgIpc) is 1.93. The van der Waals surface area contributed by atoms with Crippen molar-refractivity contribution < 1.29 is 9.90 Å². The van der Waals surface area contributed by atoms with Gasteiger partial charge in [0.2, 0.25) is 0 Å². The van der Waals surface area contributed by atoms with Gasteiger partial charge < -0.3 is 5.11 Å². The Kier molecular flexibility index (Phi) is 3.40. The van der Waals surface area contributed by atoms with Crippen molar-refractivity contribution in [1.29, 1.82) is 0 Å². The topological polar surface area (TPSA) is 37.3 Å². The number of rotatable bonds is 2. The fourth-order valence-electron chi connectivity index (χ4n) is 1.65. The minimum Gasteiger partial charge on any atom is -0.393 e. The quantitative estimate of drug-likeness (QED) is 0.621. The Morgan fingerprint density at radius 2 is 2.09 bits per heavy atom. The number of carbonyl (C=O) groups is 1. The lowest BCUT2D eigenvalue weighted by Gasteiger charge is -2.26. The summed E-state index contributed by atoms with van der Waals surface area (Å²) in [7, 11) is 0. The number of hydrogen-bond donors (Lipinski definition) is 2. The Labute approximate surface area is 72.4 Å². The molecule has 11 heavy (non-hydrogen) atoms. The first-order valence-electron chi connectivity index (χ1n) is 4.10. The van der Waals surface area contributed by atoms with Crippen LogP contribution in [0.5, 0.6) is 0 Å². The van der Waals surface area contributed by atoms with Crippen molar-refractivity contribution in [3.8, 4) is 0 Å². The maximum Gasteiger partial charge on any atom is 0.186 e. The first-order valence-corrected chi connectivity index (χ1v) is 4.54. The largest absolute Gasteiger partial charge is 0.393 e. The van der Waals surface area contributed by atoms with Gasteiger partial charge in [-0.05, 0) is 18.8 Å². The Morgan fingerprint density at radius 1 is 1.45 bits per heavy atom. The molecule has 1 aliphatic rings. The summed E-state index contributed by atoms with van der Waals surface area (Å²) >= 11 is 3.70. The van der Waals surface area contributed by atoms with E-state index in [4.69, 9.17) is 0 Å². The van der Waals surface area contributed by atoms with Crippen molar-refractivity contribution in [2.45, 2.75) is 38.2 Å². The van der Waals surface area contributed by atoms with E-state index in [2.05, 4.69) is 12.6 Å². The first-order chi connectivity index (χ1) is 5.20. The molecule has 1 rings (SSSR count). The average molecular weight is 174 g/mol. The molecule has 2 nitrogen and oxygen atoms in total. The molecule has 0 aromatic rings. The fraction of sp³-hybridized carbons (Fsp3) is 0.875. The van der Waals surface area contributed by atoms with E-state index in [0.29, 0.717) is 6.42 Å². The van der Waals surface area contributed by atoms with Gasteiger partial charge in [0.1, 0.15) is 0 Å². The van der Waals surface area contributed by atoms with Crippen molar-refractivity contribution >= 4 is 17.7 Å². The van der Waals surface area contributed by atoms with Crippen molar-refractivity contribution in [2.75, 3.05) is 0 Å². The smallest absolute Gasteiger partial charge is 0.186 e. The number of hydrogen-bond acceptors (Lipinski definition) is 2. The van der Waals surface area contributed by atoms with Crippen molar-refractivity contribution in [3.05, 3.63) is 0 Å². The van der Waals surface area contributed by atoms with E-state index in [1.54, 1.807) is 0 Å². The molecule has 2 atom stereocenters. The van der Waals surface area contributed by atoms with Crippen LogP contribution < -0.4 is 0 Å². The third-order valence-electron chi connectivity index (χ3n) is 2.31. The summed E-state index contributed by atoms with van der Waals surface area (Å²) in [6.07, 6.45) is 4.24. The van der Waals surface area contributed by atoms with Gasteiger partial charge >= 0.3 is 0 Å². The van der Waals surface area contributed by atoms with Gasteiger partial charge in [-0.3, -0.25) is 4.79 Å². The molecule has 1 saturated carbocycles. The molecule has 64 valence electrons. The van der Waals surface area contributed by atoms with Gasteiger partial charge in [-0.15, -0.1) is 12.6 Å². The molecule has 0 heterocycles. The Bertz CT molecular complexity index is 147. The van der Waals surface area contributed by atoms with Crippen LogP contribution >= 0.6 is 12.6 Å². The molecule has 0 spiro atoms. The minimum absolute atomic E-state index is 0.101. The maximum atomic E-state index is 10.6. The number of carbonyl (C=O) groups excluding carboxylic acids is 1. The number of aliphatic hydroxyl groups excluding tert-OH is 1. The molecule has 0 aliphatic heterocycles. The Hall–Kier alpha value is -0.0200. The summed E-state index contributed by atoms with van der Waals surface area (Å²) < 4.78 is 0. The molecule has 0 radical (unpaired) electrons. The third-order valence-corrected chi connectivity index (χ3v) is 2.49. The fourth-order valence-corrected chi connectivity index (χ4v) is 1.88. The molecular weight excluding hydrogens is 160 g/mol. The normalized spacial score (nSPS) is 31.8. The van der Waals surface area contributed by atoms with Crippen LogP contribution in [0.25, 0.3) is 0 Å². The summed E-state index contributed by atoms with van der Waals surface area (Å²) in [6.45, 7) is 0. The minimum atomic E-state index is -0.264. The van der Waals surface area contributed by atoms with E-state index in [1.807, 2.05) is 0 Å². The summed E-state index contributed by atoms with van der Waals surface area (Å²) in [5, 5.41) is 9.33. The number of aliphatic hydroxyl groups is 1. The van der Waals surface area contributed by atoms with Gasteiger partial charge in [-0.1, -0.05) is 12.8 Å². The van der Waals surface area contributed by atoms with Crippen LogP contribution in [-0.2, 0) is 4.79 Å². The van der Waals surface area contributed by atoms with Crippen LogP contribution in [0.2, 0.25) is 0 Å². The van der Waals surface area contributed by atoms with Crippen LogP contribution in [0.4, 0.5) is 0 Å². The molecule has 1 N–H and O–H groups in total. The molecule has 3 heteroatoms. The molecule has 0 bridgehead atoms. The lowest BCUT2D eigenvalue weighted by molar-refractivity contribution is -0.112. The van der Waals surface area contributed by atoms with Gasteiger partial charge in [-0.25, -0.2) is 0 Å². The second-order valence-corrected chi connectivity index (χ2v) is 3.71. The predicted octanol–water partition coefficient (Wildman–Crippen LogP) is 1.38. The highest BCUT2D eigenvalue weighted by Gasteiger charge is 2.23. The first kappa shape index (κ1) is 9.07. The zero-order chi connectivity index (χ0) is 8.27. The summed E-state index contributed by atoms with van der Waals surface area (Å²) in [4.78, 5) is 10.6. The van der Waals surface area contributed by atoms with E-state index in [-0.39, 0.29) is 17.1 Å². The highest BCUT2D eigenvalue weighted by molar-refractivity contribution is 7.96. The Morgan fingerprint density at radius 3 is 2.64 bits per heavy atom. The second-order valence-electron chi connectivity index (χ2n) is 3.21. The molecule has 1 aliphatic carbocycles. The zero-order valence-electron chi connectivity index (χ0n) is 6.49. The Balaban J connectivity index is 2.35. The van der Waals surface area contributed by atoms with Crippen molar-refractivity contribution in [1.82, 2.24) is 0 Å². The molecular formula is C8H14O2S. The predicted molar refractivity (Wildman–Crippen MR) is 46.6 cm³/mol. The van der Waals surface area contributed by atoms with Gasteiger partial charge in [0.25, 0.3) is 0 Å². The third kappa shape index (κ3) is 2.83. The van der Waals surface area contributed by atoms with Crippen LogP contribution in [0.3, 0.4) is 0 Å². The van der Waals surface area contributed by atoms with Crippen LogP contribution in [0.1, 0.15) is 32.1 Å². The van der Waals surface area contributed by atoms with Crippen LogP contribution in [0.15, 0.2) is 0 Å². The van der Waals surface area contributed by atoms with Gasteiger partial charge in [0, 0.05) is 6.42 Å². The lowest BCUT2D eigenvalue weighted by Crippen LogP contribution is -2.25. The monoisotopic (exact) mass is 174 g/mol. The SMILES string of the molecule is O=C(S)C[C@@H]1CCCC[C@H]1O. The van der Waals surface area contributed by atoms with E-state index in [0.717, 1.165) is 25.7 Å². The van der Waals surface area contributed by atoms with E-state index in [1.165, 1.54) is 0 Å². The highest BCUT2D eigenvalue weighted by Crippen LogP contribution is 2.27. The van der Waals surface area contributed by atoms with Crippen molar-refractivity contribution in [2.24, 2.45) is 5.92 Å². The summed E-state index contributed by atoms with van der Waals surface area (Å²) in [5.74, 6) is 0.175. The molecule has 0 unspecified atom stereocenters.